The van der Waals surface area contributed by atoms with Crippen molar-refractivity contribution in [3.8, 4) is 0 Å². The monoisotopic (exact) mass is 253 g/mol. The lowest BCUT2D eigenvalue weighted by molar-refractivity contribution is -0.142. The predicted molar refractivity (Wildman–Crippen MR) is 68.0 cm³/mol. The van der Waals surface area contributed by atoms with E-state index in [0.29, 0.717) is 24.7 Å². The van der Waals surface area contributed by atoms with Gasteiger partial charge in [0.25, 0.3) is 0 Å². The first-order chi connectivity index (χ1) is 8.49. The number of amides is 1. The predicted octanol–water partition coefficient (Wildman–Crippen LogP) is 1.99. The Kier molecular flexibility index (Phi) is 3.93. The van der Waals surface area contributed by atoms with E-state index in [1.165, 1.54) is 0 Å². The standard InChI is InChI=1S/C14H23NO3/c1-9-5-6-15(8-10(9)2)13(16)11-3-4-12(7-11)14(17)18/h9-12H,3-8H2,1-2H3,(H,17,18)/t9?,10?,11-,12+/m1/s1. The van der Waals surface area contributed by atoms with Gasteiger partial charge in [0.2, 0.25) is 5.91 Å². The molecule has 1 aliphatic heterocycles. The molecule has 2 aliphatic rings. The van der Waals surface area contributed by atoms with E-state index in [1.807, 2.05) is 4.90 Å². The van der Waals surface area contributed by atoms with Gasteiger partial charge in [0.15, 0.2) is 0 Å². The van der Waals surface area contributed by atoms with Crippen LogP contribution in [0.5, 0.6) is 0 Å². The summed E-state index contributed by atoms with van der Waals surface area (Å²) in [7, 11) is 0. The van der Waals surface area contributed by atoms with E-state index < -0.39 is 5.97 Å². The Morgan fingerprint density at radius 1 is 1.06 bits per heavy atom. The van der Waals surface area contributed by atoms with Gasteiger partial charge in [0.05, 0.1) is 5.92 Å². The van der Waals surface area contributed by atoms with Gasteiger partial charge in [-0.3, -0.25) is 9.59 Å². The molecule has 0 aromatic rings. The molecule has 0 aromatic heterocycles. The first-order valence-corrected chi connectivity index (χ1v) is 7.00. The number of carboxylic acid groups (broad SMARTS) is 1. The van der Waals surface area contributed by atoms with Crippen LogP contribution in [0.3, 0.4) is 0 Å². The fourth-order valence-electron chi connectivity index (χ4n) is 3.15. The van der Waals surface area contributed by atoms with Crippen LogP contribution in [0.25, 0.3) is 0 Å². The lowest BCUT2D eigenvalue weighted by Gasteiger charge is -2.36. The molecular formula is C14H23NO3. The minimum absolute atomic E-state index is 0.0493. The van der Waals surface area contributed by atoms with E-state index in [2.05, 4.69) is 13.8 Å². The van der Waals surface area contributed by atoms with E-state index in [9.17, 15) is 9.59 Å². The van der Waals surface area contributed by atoms with E-state index in [0.717, 1.165) is 25.9 Å². The van der Waals surface area contributed by atoms with Gasteiger partial charge in [-0.15, -0.1) is 0 Å². The topological polar surface area (TPSA) is 57.6 Å². The van der Waals surface area contributed by atoms with Crippen LogP contribution in [0.1, 0.15) is 39.5 Å². The van der Waals surface area contributed by atoms with Crippen LogP contribution in [0.2, 0.25) is 0 Å². The van der Waals surface area contributed by atoms with Crippen molar-refractivity contribution in [1.82, 2.24) is 4.90 Å². The second-order valence-corrected chi connectivity index (χ2v) is 6.07. The highest BCUT2D eigenvalue weighted by Crippen LogP contribution is 2.33. The zero-order valence-electron chi connectivity index (χ0n) is 11.3. The van der Waals surface area contributed by atoms with Gasteiger partial charge in [-0.1, -0.05) is 13.8 Å². The van der Waals surface area contributed by atoms with Crippen molar-refractivity contribution >= 4 is 11.9 Å². The van der Waals surface area contributed by atoms with E-state index in [4.69, 9.17) is 5.11 Å². The number of nitrogens with zero attached hydrogens (tertiary/aromatic N) is 1. The summed E-state index contributed by atoms with van der Waals surface area (Å²) in [5.74, 6) is 0.332. The van der Waals surface area contributed by atoms with Crippen molar-refractivity contribution in [3.63, 3.8) is 0 Å². The van der Waals surface area contributed by atoms with Crippen molar-refractivity contribution in [2.24, 2.45) is 23.7 Å². The zero-order valence-corrected chi connectivity index (χ0v) is 11.3. The van der Waals surface area contributed by atoms with E-state index in [1.54, 1.807) is 0 Å². The maximum atomic E-state index is 12.4. The molecule has 2 fully saturated rings. The van der Waals surface area contributed by atoms with Gasteiger partial charge in [-0.2, -0.15) is 0 Å². The summed E-state index contributed by atoms with van der Waals surface area (Å²) in [4.78, 5) is 25.2. The molecule has 0 bridgehead atoms. The number of carboxylic acids is 1. The van der Waals surface area contributed by atoms with Gasteiger partial charge in [0, 0.05) is 19.0 Å². The molecule has 4 nitrogen and oxygen atoms in total. The summed E-state index contributed by atoms with van der Waals surface area (Å²) in [5, 5.41) is 8.98. The number of carbonyl (C=O) groups is 2. The largest absolute Gasteiger partial charge is 0.481 e. The number of hydrogen-bond donors (Lipinski definition) is 1. The van der Waals surface area contributed by atoms with Crippen molar-refractivity contribution in [3.05, 3.63) is 0 Å². The fraction of sp³-hybridized carbons (Fsp3) is 0.857. The Hall–Kier alpha value is -1.06. The van der Waals surface area contributed by atoms with Crippen LogP contribution in [0.15, 0.2) is 0 Å². The molecule has 1 saturated carbocycles. The van der Waals surface area contributed by atoms with Gasteiger partial charge >= 0.3 is 5.97 Å². The first-order valence-electron chi connectivity index (χ1n) is 7.00. The number of aliphatic carboxylic acids is 1. The minimum Gasteiger partial charge on any atom is -0.481 e. The highest BCUT2D eigenvalue weighted by Gasteiger charge is 2.37. The molecule has 2 rings (SSSR count). The fourth-order valence-corrected chi connectivity index (χ4v) is 3.15. The lowest BCUT2D eigenvalue weighted by Crippen LogP contribution is -2.44. The van der Waals surface area contributed by atoms with Gasteiger partial charge in [-0.05, 0) is 37.5 Å². The Bertz CT molecular complexity index is 342. The average Bonchev–Trinajstić information content (AvgIpc) is 2.81. The molecule has 2 unspecified atom stereocenters. The molecule has 18 heavy (non-hydrogen) atoms. The SMILES string of the molecule is CC1CCN(C(=O)[C@@H]2CC[C@H](C(=O)O)C2)CC1C. The molecule has 102 valence electrons. The number of carbonyl (C=O) groups excluding carboxylic acids is 1. The normalized spacial score (nSPS) is 36.7. The second-order valence-electron chi connectivity index (χ2n) is 6.07. The summed E-state index contributed by atoms with van der Waals surface area (Å²) in [6.07, 6.45) is 3.01. The maximum Gasteiger partial charge on any atom is 0.306 e. The highest BCUT2D eigenvalue weighted by atomic mass is 16.4. The van der Waals surface area contributed by atoms with Crippen LogP contribution < -0.4 is 0 Å². The maximum absolute atomic E-state index is 12.4. The third-order valence-electron chi connectivity index (χ3n) is 4.78. The summed E-state index contributed by atoms with van der Waals surface area (Å²) >= 11 is 0. The van der Waals surface area contributed by atoms with Gasteiger partial charge in [-0.25, -0.2) is 0 Å². The number of rotatable bonds is 2. The van der Waals surface area contributed by atoms with Gasteiger partial charge in [0.1, 0.15) is 0 Å². The minimum atomic E-state index is -0.745. The smallest absolute Gasteiger partial charge is 0.306 e. The molecule has 4 atom stereocenters. The molecule has 4 heteroatoms. The number of piperidine rings is 1. The van der Waals surface area contributed by atoms with Crippen molar-refractivity contribution in [2.45, 2.75) is 39.5 Å². The third-order valence-corrected chi connectivity index (χ3v) is 4.78. The summed E-state index contributed by atoms with van der Waals surface area (Å²) in [5.41, 5.74) is 0. The molecular weight excluding hydrogens is 230 g/mol. The molecule has 0 aromatic carbocycles. The first kappa shape index (κ1) is 13.4. The Morgan fingerprint density at radius 3 is 2.28 bits per heavy atom. The molecule has 1 heterocycles. The summed E-state index contributed by atoms with van der Waals surface area (Å²) in [6.45, 7) is 6.12. The van der Waals surface area contributed by atoms with Crippen LogP contribution in [-0.4, -0.2) is 35.0 Å². The molecule has 1 N–H and O–H groups in total. The van der Waals surface area contributed by atoms with Crippen molar-refractivity contribution < 1.29 is 14.7 Å². The third kappa shape index (κ3) is 2.68. The number of likely N-dealkylation sites (tertiary alicyclic amines) is 1. The Morgan fingerprint density at radius 2 is 1.72 bits per heavy atom. The van der Waals surface area contributed by atoms with Crippen molar-refractivity contribution in [1.29, 1.82) is 0 Å². The molecule has 1 saturated heterocycles. The highest BCUT2D eigenvalue weighted by molar-refractivity contribution is 5.81. The molecule has 1 amide bonds. The van der Waals surface area contributed by atoms with E-state index >= 15 is 0 Å². The zero-order chi connectivity index (χ0) is 13.3. The van der Waals surface area contributed by atoms with Crippen LogP contribution >= 0.6 is 0 Å². The van der Waals surface area contributed by atoms with Crippen LogP contribution in [0, 0.1) is 23.7 Å². The molecule has 1 aliphatic carbocycles. The van der Waals surface area contributed by atoms with Crippen molar-refractivity contribution in [2.75, 3.05) is 13.1 Å². The lowest BCUT2D eigenvalue weighted by atomic mass is 9.88. The summed E-state index contributed by atoms with van der Waals surface area (Å²) < 4.78 is 0. The summed E-state index contributed by atoms with van der Waals surface area (Å²) in [6, 6.07) is 0. The second kappa shape index (κ2) is 5.29. The Balaban J connectivity index is 1.90. The quantitative estimate of drug-likeness (QED) is 0.818. The van der Waals surface area contributed by atoms with Crippen LogP contribution in [-0.2, 0) is 9.59 Å². The Labute approximate surface area is 108 Å². The van der Waals surface area contributed by atoms with Crippen LogP contribution in [0.4, 0.5) is 0 Å². The van der Waals surface area contributed by atoms with Gasteiger partial charge < -0.3 is 10.0 Å². The molecule has 0 spiro atoms. The van der Waals surface area contributed by atoms with E-state index in [-0.39, 0.29) is 17.7 Å². The number of hydrogen-bond acceptors (Lipinski definition) is 2. The average molecular weight is 253 g/mol. The molecule has 0 radical (unpaired) electrons.